The molecule has 1 aromatic heterocycles. The molecule has 2 aromatic rings. The SMILES string of the molecule is CCNc1nccc(N(CC)c2ccccc2C)n1. The highest BCUT2D eigenvalue weighted by Crippen LogP contribution is 2.26. The van der Waals surface area contributed by atoms with Crippen LogP contribution in [0.15, 0.2) is 36.5 Å². The highest BCUT2D eigenvalue weighted by Gasteiger charge is 2.11. The van der Waals surface area contributed by atoms with Crippen LogP contribution in [0.1, 0.15) is 19.4 Å². The summed E-state index contributed by atoms with van der Waals surface area (Å²) < 4.78 is 0. The summed E-state index contributed by atoms with van der Waals surface area (Å²) in [6.45, 7) is 7.97. The fourth-order valence-electron chi connectivity index (χ4n) is 2.06. The van der Waals surface area contributed by atoms with Crippen LogP contribution in [0, 0.1) is 6.92 Å². The van der Waals surface area contributed by atoms with E-state index < -0.39 is 0 Å². The maximum Gasteiger partial charge on any atom is 0.224 e. The minimum atomic E-state index is 0.673. The zero-order chi connectivity index (χ0) is 13.7. The Labute approximate surface area is 114 Å². The van der Waals surface area contributed by atoms with Crippen molar-refractivity contribution in [2.75, 3.05) is 23.3 Å². The molecule has 0 radical (unpaired) electrons. The zero-order valence-corrected chi connectivity index (χ0v) is 11.7. The lowest BCUT2D eigenvalue weighted by molar-refractivity contribution is 0.965. The smallest absolute Gasteiger partial charge is 0.224 e. The fourth-order valence-corrected chi connectivity index (χ4v) is 2.06. The predicted molar refractivity (Wildman–Crippen MR) is 80.1 cm³/mol. The van der Waals surface area contributed by atoms with Crippen molar-refractivity contribution >= 4 is 17.5 Å². The number of rotatable bonds is 5. The van der Waals surface area contributed by atoms with Gasteiger partial charge in [-0.3, -0.25) is 0 Å². The Bertz CT molecular complexity index is 539. The Morgan fingerprint density at radius 2 is 1.95 bits per heavy atom. The Hall–Kier alpha value is -2.10. The summed E-state index contributed by atoms with van der Waals surface area (Å²) >= 11 is 0. The molecular weight excluding hydrogens is 236 g/mol. The number of anilines is 3. The van der Waals surface area contributed by atoms with Crippen molar-refractivity contribution < 1.29 is 0 Å². The van der Waals surface area contributed by atoms with E-state index in [9.17, 15) is 0 Å². The highest BCUT2D eigenvalue weighted by atomic mass is 15.2. The first-order valence-corrected chi connectivity index (χ1v) is 6.66. The summed E-state index contributed by atoms with van der Waals surface area (Å²) in [7, 11) is 0. The van der Waals surface area contributed by atoms with Gasteiger partial charge in [-0.25, -0.2) is 4.98 Å². The second-order valence-corrected chi connectivity index (χ2v) is 4.30. The third-order valence-electron chi connectivity index (χ3n) is 2.97. The monoisotopic (exact) mass is 256 g/mol. The summed E-state index contributed by atoms with van der Waals surface area (Å²) in [5.74, 6) is 1.59. The largest absolute Gasteiger partial charge is 0.354 e. The van der Waals surface area contributed by atoms with Crippen molar-refractivity contribution in [1.82, 2.24) is 9.97 Å². The van der Waals surface area contributed by atoms with Gasteiger partial charge in [0.25, 0.3) is 0 Å². The molecule has 0 aliphatic rings. The molecule has 1 heterocycles. The molecule has 2 rings (SSSR count). The van der Waals surface area contributed by atoms with E-state index in [0.29, 0.717) is 5.95 Å². The van der Waals surface area contributed by atoms with E-state index in [-0.39, 0.29) is 0 Å². The normalized spacial score (nSPS) is 10.3. The van der Waals surface area contributed by atoms with Crippen molar-refractivity contribution in [3.8, 4) is 0 Å². The summed E-state index contributed by atoms with van der Waals surface area (Å²) in [5.41, 5.74) is 2.43. The average molecular weight is 256 g/mol. The van der Waals surface area contributed by atoms with Gasteiger partial charge in [-0.15, -0.1) is 0 Å². The summed E-state index contributed by atoms with van der Waals surface area (Å²) in [6.07, 6.45) is 1.79. The van der Waals surface area contributed by atoms with E-state index in [1.54, 1.807) is 6.20 Å². The summed E-state index contributed by atoms with van der Waals surface area (Å²) in [4.78, 5) is 11.0. The summed E-state index contributed by atoms with van der Waals surface area (Å²) in [6, 6.07) is 10.3. The molecule has 100 valence electrons. The van der Waals surface area contributed by atoms with Crippen LogP contribution in [0.2, 0.25) is 0 Å². The van der Waals surface area contributed by atoms with E-state index in [1.807, 2.05) is 13.0 Å². The van der Waals surface area contributed by atoms with Crippen molar-refractivity contribution in [3.63, 3.8) is 0 Å². The zero-order valence-electron chi connectivity index (χ0n) is 11.7. The molecule has 0 saturated carbocycles. The molecule has 0 atom stereocenters. The molecule has 4 heteroatoms. The number of aromatic nitrogens is 2. The molecule has 1 N–H and O–H groups in total. The van der Waals surface area contributed by atoms with Gasteiger partial charge < -0.3 is 10.2 Å². The lowest BCUT2D eigenvalue weighted by Crippen LogP contribution is -2.19. The van der Waals surface area contributed by atoms with E-state index in [4.69, 9.17) is 0 Å². The topological polar surface area (TPSA) is 41.1 Å². The molecule has 1 aromatic carbocycles. The maximum absolute atomic E-state index is 4.55. The van der Waals surface area contributed by atoms with Crippen molar-refractivity contribution in [2.45, 2.75) is 20.8 Å². The van der Waals surface area contributed by atoms with Gasteiger partial charge >= 0.3 is 0 Å². The molecule has 0 aliphatic heterocycles. The lowest BCUT2D eigenvalue weighted by Gasteiger charge is -2.24. The van der Waals surface area contributed by atoms with Crippen LogP contribution in [0.25, 0.3) is 0 Å². The van der Waals surface area contributed by atoms with Crippen LogP contribution in [-0.2, 0) is 0 Å². The van der Waals surface area contributed by atoms with E-state index in [2.05, 4.69) is 58.3 Å². The van der Waals surface area contributed by atoms with Gasteiger partial charge in [0.15, 0.2) is 0 Å². The van der Waals surface area contributed by atoms with E-state index in [1.165, 1.54) is 11.3 Å². The van der Waals surface area contributed by atoms with Crippen LogP contribution >= 0.6 is 0 Å². The van der Waals surface area contributed by atoms with Crippen LogP contribution in [-0.4, -0.2) is 23.1 Å². The summed E-state index contributed by atoms with van der Waals surface area (Å²) in [5, 5.41) is 3.14. The maximum atomic E-state index is 4.55. The lowest BCUT2D eigenvalue weighted by atomic mass is 10.2. The van der Waals surface area contributed by atoms with Crippen LogP contribution in [0.3, 0.4) is 0 Å². The third-order valence-corrected chi connectivity index (χ3v) is 2.97. The molecule has 0 fully saturated rings. The number of nitrogens with zero attached hydrogens (tertiary/aromatic N) is 3. The van der Waals surface area contributed by atoms with Gasteiger partial charge in [0.2, 0.25) is 5.95 Å². The Balaban J connectivity index is 2.37. The van der Waals surface area contributed by atoms with Gasteiger partial charge in [0, 0.05) is 25.0 Å². The van der Waals surface area contributed by atoms with Gasteiger partial charge in [0.05, 0.1) is 0 Å². The highest BCUT2D eigenvalue weighted by molar-refractivity contribution is 5.63. The molecule has 0 bridgehead atoms. The number of hydrogen-bond acceptors (Lipinski definition) is 4. The Morgan fingerprint density at radius 3 is 2.63 bits per heavy atom. The van der Waals surface area contributed by atoms with Crippen molar-refractivity contribution in [1.29, 1.82) is 0 Å². The third kappa shape index (κ3) is 3.02. The average Bonchev–Trinajstić information content (AvgIpc) is 2.43. The first-order valence-electron chi connectivity index (χ1n) is 6.66. The van der Waals surface area contributed by atoms with Gasteiger partial charge in [-0.05, 0) is 38.5 Å². The van der Waals surface area contributed by atoms with E-state index in [0.717, 1.165) is 18.9 Å². The van der Waals surface area contributed by atoms with E-state index >= 15 is 0 Å². The molecule has 0 amide bonds. The standard InChI is InChI=1S/C15H20N4/c1-4-16-15-17-11-10-14(18-15)19(5-2)13-9-7-6-8-12(13)3/h6-11H,4-5H2,1-3H3,(H,16,17,18). The quantitative estimate of drug-likeness (QED) is 0.890. The molecule has 0 spiro atoms. The number of benzene rings is 1. The fraction of sp³-hybridized carbons (Fsp3) is 0.333. The number of nitrogens with one attached hydrogen (secondary N) is 1. The van der Waals surface area contributed by atoms with Crippen LogP contribution in [0.5, 0.6) is 0 Å². The van der Waals surface area contributed by atoms with Crippen LogP contribution < -0.4 is 10.2 Å². The number of para-hydroxylation sites is 1. The van der Waals surface area contributed by atoms with Gasteiger partial charge in [-0.2, -0.15) is 4.98 Å². The number of hydrogen-bond donors (Lipinski definition) is 1. The van der Waals surface area contributed by atoms with Crippen molar-refractivity contribution in [3.05, 3.63) is 42.1 Å². The first kappa shape index (κ1) is 13.3. The molecule has 4 nitrogen and oxygen atoms in total. The molecule has 19 heavy (non-hydrogen) atoms. The van der Waals surface area contributed by atoms with Gasteiger partial charge in [0.1, 0.15) is 5.82 Å². The first-order chi connectivity index (χ1) is 9.26. The second-order valence-electron chi connectivity index (χ2n) is 4.30. The van der Waals surface area contributed by atoms with Crippen LogP contribution in [0.4, 0.5) is 17.5 Å². The minimum Gasteiger partial charge on any atom is -0.354 e. The predicted octanol–water partition coefficient (Wildman–Crippen LogP) is 3.37. The molecule has 0 aliphatic carbocycles. The number of aryl methyl sites for hydroxylation is 1. The molecule has 0 saturated heterocycles. The Morgan fingerprint density at radius 1 is 1.16 bits per heavy atom. The Kier molecular flexibility index (Phi) is 4.34. The van der Waals surface area contributed by atoms with Crippen molar-refractivity contribution in [2.24, 2.45) is 0 Å². The van der Waals surface area contributed by atoms with Gasteiger partial charge in [-0.1, -0.05) is 18.2 Å². The minimum absolute atomic E-state index is 0.673. The molecule has 0 unspecified atom stereocenters. The molecular formula is C15H20N4. The second kappa shape index (κ2) is 6.18.